The molecular formula is C13H29BrN2OSi. The standard InChI is InChI=1S/C13H29BrN2OSi/c1-13(2,3)18(5,6)17-8-7-16-11-15(4)10-12(16)9-14/h12H,7-11H2,1-6H3. The monoisotopic (exact) mass is 336 g/mol. The fourth-order valence-electron chi connectivity index (χ4n) is 1.99. The minimum Gasteiger partial charge on any atom is -0.416 e. The molecule has 1 fully saturated rings. The maximum atomic E-state index is 6.25. The number of likely N-dealkylation sites (N-methyl/N-ethyl adjacent to an activating group) is 1. The molecule has 5 heteroatoms. The first-order valence-corrected chi connectivity index (χ1v) is 10.8. The van der Waals surface area contributed by atoms with Crippen LogP contribution in [0.25, 0.3) is 0 Å². The van der Waals surface area contributed by atoms with Crippen molar-refractivity contribution >= 4 is 24.2 Å². The Labute approximate surface area is 122 Å². The largest absolute Gasteiger partial charge is 0.416 e. The first-order valence-electron chi connectivity index (χ1n) is 6.80. The molecule has 0 radical (unpaired) electrons. The van der Waals surface area contributed by atoms with Gasteiger partial charge in [0.2, 0.25) is 0 Å². The normalized spacial score (nSPS) is 23.8. The first-order chi connectivity index (χ1) is 8.17. The third-order valence-electron chi connectivity index (χ3n) is 4.29. The molecule has 1 saturated heterocycles. The Kier molecular flexibility index (Phi) is 5.87. The smallest absolute Gasteiger partial charge is 0.192 e. The SMILES string of the molecule is CN1CC(CBr)N(CCO[Si](C)(C)C(C)(C)C)C1. The van der Waals surface area contributed by atoms with Gasteiger partial charge in [0.15, 0.2) is 8.32 Å². The highest BCUT2D eigenvalue weighted by Crippen LogP contribution is 2.36. The molecule has 0 N–H and O–H groups in total. The molecule has 1 aliphatic rings. The molecule has 1 atom stereocenters. The third-order valence-corrected chi connectivity index (χ3v) is 9.57. The van der Waals surface area contributed by atoms with E-state index in [0.717, 1.165) is 31.7 Å². The summed E-state index contributed by atoms with van der Waals surface area (Å²) >= 11 is 3.61. The van der Waals surface area contributed by atoms with Crippen molar-refractivity contribution in [1.82, 2.24) is 9.80 Å². The second kappa shape index (κ2) is 6.35. The van der Waals surface area contributed by atoms with Crippen molar-refractivity contribution in [3.63, 3.8) is 0 Å². The van der Waals surface area contributed by atoms with Crippen LogP contribution in [0.4, 0.5) is 0 Å². The number of alkyl halides is 1. The summed E-state index contributed by atoms with van der Waals surface area (Å²) in [6, 6.07) is 0.637. The number of nitrogens with zero attached hydrogens (tertiary/aromatic N) is 2. The summed E-state index contributed by atoms with van der Waals surface area (Å²) in [4.78, 5) is 4.89. The van der Waals surface area contributed by atoms with E-state index in [-0.39, 0.29) is 0 Å². The Morgan fingerprint density at radius 1 is 1.33 bits per heavy atom. The van der Waals surface area contributed by atoms with Crippen LogP contribution in [0.1, 0.15) is 20.8 Å². The highest BCUT2D eigenvalue weighted by atomic mass is 79.9. The van der Waals surface area contributed by atoms with Gasteiger partial charge < -0.3 is 4.43 Å². The minimum atomic E-state index is -1.58. The van der Waals surface area contributed by atoms with Gasteiger partial charge in [0.25, 0.3) is 0 Å². The molecule has 0 spiro atoms. The van der Waals surface area contributed by atoms with E-state index < -0.39 is 8.32 Å². The molecule has 18 heavy (non-hydrogen) atoms. The number of hydrogen-bond donors (Lipinski definition) is 0. The van der Waals surface area contributed by atoms with Gasteiger partial charge in [-0.2, -0.15) is 0 Å². The molecule has 0 saturated carbocycles. The first kappa shape index (κ1) is 16.6. The van der Waals surface area contributed by atoms with Crippen LogP contribution in [-0.4, -0.2) is 62.9 Å². The molecule has 0 aromatic heterocycles. The van der Waals surface area contributed by atoms with Crippen molar-refractivity contribution in [2.45, 2.75) is 44.9 Å². The maximum Gasteiger partial charge on any atom is 0.192 e. The van der Waals surface area contributed by atoms with E-state index in [0.29, 0.717) is 11.1 Å². The Morgan fingerprint density at radius 3 is 2.44 bits per heavy atom. The molecule has 1 rings (SSSR count). The summed E-state index contributed by atoms with van der Waals surface area (Å²) in [6.07, 6.45) is 0. The molecule has 108 valence electrons. The summed E-state index contributed by atoms with van der Waals surface area (Å²) in [6.45, 7) is 15.7. The number of halogens is 1. The van der Waals surface area contributed by atoms with E-state index in [2.05, 4.69) is 66.6 Å². The van der Waals surface area contributed by atoms with Crippen LogP contribution < -0.4 is 0 Å². The Morgan fingerprint density at radius 2 is 1.94 bits per heavy atom. The average molecular weight is 337 g/mol. The van der Waals surface area contributed by atoms with E-state index in [9.17, 15) is 0 Å². The zero-order valence-electron chi connectivity index (χ0n) is 12.8. The Bertz CT molecular complexity index is 268. The van der Waals surface area contributed by atoms with Gasteiger partial charge >= 0.3 is 0 Å². The lowest BCUT2D eigenvalue weighted by molar-refractivity contribution is 0.184. The maximum absolute atomic E-state index is 6.25. The third kappa shape index (κ3) is 4.30. The molecule has 0 bridgehead atoms. The van der Waals surface area contributed by atoms with E-state index >= 15 is 0 Å². The summed E-state index contributed by atoms with van der Waals surface area (Å²) in [5, 5.41) is 1.36. The van der Waals surface area contributed by atoms with Crippen molar-refractivity contribution in [1.29, 1.82) is 0 Å². The van der Waals surface area contributed by atoms with Crippen molar-refractivity contribution in [3.8, 4) is 0 Å². The fourth-order valence-corrected chi connectivity index (χ4v) is 3.64. The Balaban J connectivity index is 2.38. The van der Waals surface area contributed by atoms with E-state index in [1.54, 1.807) is 0 Å². The predicted molar refractivity (Wildman–Crippen MR) is 84.9 cm³/mol. The Hall–Kier alpha value is 0.577. The van der Waals surface area contributed by atoms with Crippen molar-refractivity contribution < 1.29 is 4.43 Å². The summed E-state index contributed by atoms with van der Waals surface area (Å²) in [7, 11) is 0.607. The molecule has 1 unspecified atom stereocenters. The average Bonchev–Trinajstić information content (AvgIpc) is 2.57. The van der Waals surface area contributed by atoms with Gasteiger partial charge in [-0.1, -0.05) is 36.7 Å². The van der Waals surface area contributed by atoms with Crippen LogP contribution >= 0.6 is 15.9 Å². The highest BCUT2D eigenvalue weighted by Gasteiger charge is 2.37. The zero-order chi connectivity index (χ0) is 14.0. The lowest BCUT2D eigenvalue weighted by Gasteiger charge is -2.36. The summed E-state index contributed by atoms with van der Waals surface area (Å²) in [5.74, 6) is 0. The topological polar surface area (TPSA) is 15.7 Å². The molecule has 1 heterocycles. The van der Waals surface area contributed by atoms with E-state index in [1.807, 2.05) is 0 Å². The lowest BCUT2D eigenvalue weighted by Crippen LogP contribution is -2.43. The summed E-state index contributed by atoms with van der Waals surface area (Å²) in [5.41, 5.74) is 0. The van der Waals surface area contributed by atoms with Crippen LogP contribution in [-0.2, 0) is 4.43 Å². The van der Waals surface area contributed by atoms with Crippen LogP contribution in [0.15, 0.2) is 0 Å². The molecule has 1 aliphatic heterocycles. The molecule has 0 aliphatic carbocycles. The van der Waals surface area contributed by atoms with Crippen molar-refractivity contribution in [2.24, 2.45) is 0 Å². The zero-order valence-corrected chi connectivity index (χ0v) is 15.4. The number of hydrogen-bond acceptors (Lipinski definition) is 3. The second-order valence-electron chi connectivity index (χ2n) is 6.91. The molecule has 0 aromatic carbocycles. The van der Waals surface area contributed by atoms with Crippen LogP contribution in [0.2, 0.25) is 18.1 Å². The van der Waals surface area contributed by atoms with E-state index in [4.69, 9.17) is 4.43 Å². The fraction of sp³-hybridized carbons (Fsp3) is 1.00. The molecular weight excluding hydrogens is 308 g/mol. The van der Waals surface area contributed by atoms with Crippen molar-refractivity contribution in [3.05, 3.63) is 0 Å². The van der Waals surface area contributed by atoms with Crippen molar-refractivity contribution in [2.75, 3.05) is 38.7 Å². The minimum absolute atomic E-state index is 0.309. The molecule has 0 amide bonds. The molecule has 3 nitrogen and oxygen atoms in total. The van der Waals surface area contributed by atoms with Gasteiger partial charge in [-0.15, -0.1) is 0 Å². The predicted octanol–water partition coefficient (Wildman–Crippen LogP) is 2.98. The van der Waals surface area contributed by atoms with Gasteiger partial charge in [0.1, 0.15) is 0 Å². The van der Waals surface area contributed by atoms with Crippen LogP contribution in [0, 0.1) is 0 Å². The molecule has 0 aromatic rings. The highest BCUT2D eigenvalue weighted by molar-refractivity contribution is 9.09. The second-order valence-corrected chi connectivity index (χ2v) is 12.4. The van der Waals surface area contributed by atoms with Gasteiger partial charge in [-0.3, -0.25) is 9.80 Å². The van der Waals surface area contributed by atoms with Crippen LogP contribution in [0.3, 0.4) is 0 Å². The van der Waals surface area contributed by atoms with Gasteiger partial charge in [0.05, 0.1) is 6.67 Å². The van der Waals surface area contributed by atoms with Gasteiger partial charge in [-0.05, 0) is 25.2 Å². The number of rotatable bonds is 5. The van der Waals surface area contributed by atoms with E-state index in [1.165, 1.54) is 0 Å². The van der Waals surface area contributed by atoms with Crippen LogP contribution in [0.5, 0.6) is 0 Å². The summed E-state index contributed by atoms with van der Waals surface area (Å²) < 4.78 is 6.25. The quantitative estimate of drug-likeness (QED) is 0.567. The lowest BCUT2D eigenvalue weighted by atomic mass is 10.2. The van der Waals surface area contributed by atoms with Gasteiger partial charge in [0, 0.05) is 31.1 Å². The van der Waals surface area contributed by atoms with Gasteiger partial charge in [-0.25, -0.2) is 0 Å².